The van der Waals surface area contributed by atoms with Crippen molar-refractivity contribution in [2.45, 2.75) is 6.92 Å². The van der Waals surface area contributed by atoms with Crippen molar-refractivity contribution in [1.82, 2.24) is 4.98 Å². The average Bonchev–Trinajstić information content (AvgIpc) is 3.26. The number of anilines is 3. The Hall–Kier alpha value is -3.84. The lowest BCUT2D eigenvalue weighted by Crippen LogP contribution is -2.13. The van der Waals surface area contributed by atoms with Crippen molar-refractivity contribution in [3.05, 3.63) is 89.9 Å². The molecular formula is C24H21N3O3S. The van der Waals surface area contributed by atoms with E-state index in [-0.39, 0.29) is 5.91 Å². The van der Waals surface area contributed by atoms with Crippen LogP contribution in [-0.4, -0.2) is 17.5 Å². The van der Waals surface area contributed by atoms with Crippen molar-refractivity contribution in [2.75, 3.05) is 17.2 Å². The zero-order valence-corrected chi connectivity index (χ0v) is 17.7. The van der Waals surface area contributed by atoms with Crippen molar-refractivity contribution >= 4 is 33.8 Å². The van der Waals surface area contributed by atoms with Gasteiger partial charge in [0.1, 0.15) is 17.2 Å². The number of carbonyl (C=O) groups is 1. The largest absolute Gasteiger partial charge is 0.494 e. The molecule has 0 radical (unpaired) electrons. The van der Waals surface area contributed by atoms with E-state index in [9.17, 15) is 4.79 Å². The molecule has 0 fully saturated rings. The highest BCUT2D eigenvalue weighted by atomic mass is 32.1. The van der Waals surface area contributed by atoms with Crippen molar-refractivity contribution in [3.63, 3.8) is 0 Å². The summed E-state index contributed by atoms with van der Waals surface area (Å²) in [6, 6.07) is 24.3. The highest BCUT2D eigenvalue weighted by Gasteiger charge is 2.14. The van der Waals surface area contributed by atoms with Crippen molar-refractivity contribution in [3.8, 4) is 17.2 Å². The molecule has 0 bridgehead atoms. The number of thiazole rings is 1. The van der Waals surface area contributed by atoms with Crippen LogP contribution in [0.4, 0.5) is 16.5 Å². The molecule has 4 rings (SSSR count). The maximum atomic E-state index is 12.7. The third kappa shape index (κ3) is 5.40. The van der Waals surface area contributed by atoms with Gasteiger partial charge in [-0.05, 0) is 55.5 Å². The fourth-order valence-corrected chi connectivity index (χ4v) is 3.53. The van der Waals surface area contributed by atoms with Gasteiger partial charge in [-0.15, -0.1) is 11.3 Å². The van der Waals surface area contributed by atoms with Gasteiger partial charge in [0.2, 0.25) is 0 Å². The summed E-state index contributed by atoms with van der Waals surface area (Å²) in [6.07, 6.45) is 0. The molecule has 7 heteroatoms. The summed E-state index contributed by atoms with van der Waals surface area (Å²) in [5, 5.41) is 8.43. The van der Waals surface area contributed by atoms with Crippen LogP contribution in [0.3, 0.4) is 0 Å². The number of nitrogens with one attached hydrogen (secondary N) is 2. The minimum atomic E-state index is -0.305. The van der Waals surface area contributed by atoms with Crippen LogP contribution in [-0.2, 0) is 0 Å². The van der Waals surface area contributed by atoms with Crippen LogP contribution < -0.4 is 20.1 Å². The molecule has 4 aromatic rings. The summed E-state index contributed by atoms with van der Waals surface area (Å²) in [4.78, 5) is 17.1. The number of carbonyl (C=O) groups excluding carboxylic acids is 1. The minimum Gasteiger partial charge on any atom is -0.494 e. The molecule has 0 saturated heterocycles. The first kappa shape index (κ1) is 20.4. The van der Waals surface area contributed by atoms with E-state index < -0.39 is 0 Å². The van der Waals surface area contributed by atoms with Gasteiger partial charge < -0.3 is 20.1 Å². The molecule has 0 aliphatic rings. The average molecular weight is 432 g/mol. The molecule has 1 heterocycles. The Bertz CT molecular complexity index is 1140. The van der Waals surface area contributed by atoms with Crippen LogP contribution in [0.15, 0.2) is 84.2 Å². The van der Waals surface area contributed by atoms with Crippen LogP contribution in [0.2, 0.25) is 0 Å². The van der Waals surface area contributed by atoms with Gasteiger partial charge in [-0.3, -0.25) is 4.79 Å². The number of nitrogens with zero attached hydrogens (tertiary/aromatic N) is 1. The molecule has 6 nitrogen and oxygen atoms in total. The van der Waals surface area contributed by atoms with Crippen LogP contribution in [0.1, 0.15) is 17.4 Å². The van der Waals surface area contributed by atoms with Gasteiger partial charge in [0.25, 0.3) is 5.91 Å². The number of benzene rings is 3. The molecule has 0 spiro atoms. The Morgan fingerprint density at radius 1 is 0.935 bits per heavy atom. The molecule has 0 aliphatic carbocycles. The number of hydrogen-bond acceptors (Lipinski definition) is 6. The van der Waals surface area contributed by atoms with Crippen molar-refractivity contribution in [1.29, 1.82) is 0 Å². The molecule has 31 heavy (non-hydrogen) atoms. The second kappa shape index (κ2) is 9.77. The molecule has 0 saturated carbocycles. The maximum Gasteiger partial charge on any atom is 0.275 e. The van der Waals surface area contributed by atoms with E-state index in [4.69, 9.17) is 9.47 Å². The lowest BCUT2D eigenvalue weighted by atomic mass is 10.2. The van der Waals surface area contributed by atoms with Gasteiger partial charge in [-0.1, -0.05) is 30.3 Å². The minimum absolute atomic E-state index is 0.305. The van der Waals surface area contributed by atoms with E-state index in [0.29, 0.717) is 34.6 Å². The van der Waals surface area contributed by atoms with Crippen LogP contribution in [0, 0.1) is 0 Å². The first-order valence-electron chi connectivity index (χ1n) is 9.80. The summed E-state index contributed by atoms with van der Waals surface area (Å²) in [5.41, 5.74) is 1.77. The smallest absolute Gasteiger partial charge is 0.275 e. The van der Waals surface area contributed by atoms with Crippen molar-refractivity contribution in [2.24, 2.45) is 0 Å². The topological polar surface area (TPSA) is 72.5 Å². The Labute approximate surface area is 184 Å². The zero-order valence-electron chi connectivity index (χ0n) is 16.9. The summed E-state index contributed by atoms with van der Waals surface area (Å²) in [6.45, 7) is 2.57. The Morgan fingerprint density at radius 2 is 1.68 bits per heavy atom. The summed E-state index contributed by atoms with van der Waals surface area (Å²) in [7, 11) is 0. The molecule has 0 atom stereocenters. The zero-order chi connectivity index (χ0) is 21.5. The van der Waals surface area contributed by atoms with Gasteiger partial charge >= 0.3 is 0 Å². The van der Waals surface area contributed by atoms with E-state index in [0.717, 1.165) is 11.4 Å². The second-order valence-electron chi connectivity index (χ2n) is 6.49. The maximum absolute atomic E-state index is 12.7. The highest BCUT2D eigenvalue weighted by Crippen LogP contribution is 2.30. The molecule has 0 aliphatic heterocycles. The molecule has 2 N–H and O–H groups in total. The second-order valence-corrected chi connectivity index (χ2v) is 7.34. The molecule has 1 aromatic heterocycles. The number of amides is 1. The summed E-state index contributed by atoms with van der Waals surface area (Å²) < 4.78 is 11.3. The van der Waals surface area contributed by atoms with Crippen LogP contribution >= 0.6 is 11.3 Å². The third-order valence-corrected chi connectivity index (χ3v) is 5.02. The quantitative estimate of drug-likeness (QED) is 0.341. The fourth-order valence-electron chi connectivity index (χ4n) is 2.82. The normalized spacial score (nSPS) is 10.4. The Kier molecular flexibility index (Phi) is 6.44. The summed E-state index contributed by atoms with van der Waals surface area (Å²) in [5.74, 6) is 1.76. The third-order valence-electron chi connectivity index (χ3n) is 4.26. The van der Waals surface area contributed by atoms with E-state index in [1.807, 2.05) is 79.7 Å². The first-order valence-corrected chi connectivity index (χ1v) is 10.7. The Morgan fingerprint density at radius 3 is 2.45 bits per heavy atom. The van der Waals surface area contributed by atoms with Gasteiger partial charge in [-0.2, -0.15) is 0 Å². The van der Waals surface area contributed by atoms with E-state index >= 15 is 0 Å². The Balaban J connectivity index is 1.42. The first-order chi connectivity index (χ1) is 15.2. The predicted molar refractivity (Wildman–Crippen MR) is 124 cm³/mol. The molecule has 0 unspecified atom stereocenters. The lowest BCUT2D eigenvalue weighted by molar-refractivity contribution is 0.102. The number of para-hydroxylation sites is 3. The fraction of sp³-hybridized carbons (Fsp3) is 0.0833. The van der Waals surface area contributed by atoms with Gasteiger partial charge in [-0.25, -0.2) is 4.98 Å². The SMILES string of the molecule is CCOc1ccc(Nc2nc(C(=O)Nc3ccccc3Oc3ccccc3)cs2)cc1. The van der Waals surface area contributed by atoms with Gasteiger partial charge in [0.05, 0.1) is 12.3 Å². The van der Waals surface area contributed by atoms with Gasteiger partial charge in [0, 0.05) is 11.1 Å². The van der Waals surface area contributed by atoms with Crippen LogP contribution in [0.25, 0.3) is 0 Å². The molecule has 156 valence electrons. The number of ether oxygens (including phenoxy) is 2. The van der Waals surface area contributed by atoms with E-state index in [1.165, 1.54) is 11.3 Å². The number of hydrogen-bond donors (Lipinski definition) is 2. The van der Waals surface area contributed by atoms with Crippen LogP contribution in [0.5, 0.6) is 17.2 Å². The van der Waals surface area contributed by atoms with Gasteiger partial charge in [0.15, 0.2) is 10.9 Å². The monoisotopic (exact) mass is 431 g/mol. The number of rotatable bonds is 8. The van der Waals surface area contributed by atoms with E-state index in [1.54, 1.807) is 11.4 Å². The highest BCUT2D eigenvalue weighted by molar-refractivity contribution is 7.14. The van der Waals surface area contributed by atoms with E-state index in [2.05, 4.69) is 15.6 Å². The predicted octanol–water partition coefficient (Wildman–Crippen LogP) is 6.33. The lowest BCUT2D eigenvalue weighted by Gasteiger charge is -2.11. The molecule has 1 amide bonds. The molecular weight excluding hydrogens is 410 g/mol. The number of aromatic nitrogens is 1. The standard InChI is InChI=1S/C24H21N3O3S/c1-2-29-18-14-12-17(13-15-18)25-24-27-21(16-31-24)23(28)26-20-10-6-7-11-22(20)30-19-8-4-3-5-9-19/h3-16H,2H2,1H3,(H,25,27)(H,26,28). The summed E-state index contributed by atoms with van der Waals surface area (Å²) >= 11 is 1.36. The molecule has 3 aromatic carbocycles. The van der Waals surface area contributed by atoms with Crippen molar-refractivity contribution < 1.29 is 14.3 Å².